The number of nitrogens with one attached hydrogen (secondary N) is 1. The van der Waals surface area contributed by atoms with Crippen LogP contribution in [0.3, 0.4) is 0 Å². The molecule has 15 heavy (non-hydrogen) atoms. The van der Waals surface area contributed by atoms with Gasteiger partial charge >= 0.3 is 0 Å². The smallest absolute Gasteiger partial charge is 0.250 e. The van der Waals surface area contributed by atoms with Crippen molar-refractivity contribution >= 4 is 11.8 Å². The fraction of sp³-hybridized carbons (Fsp3) is 0.600. The van der Waals surface area contributed by atoms with E-state index in [9.17, 15) is 14.7 Å². The molecule has 2 rings (SSSR count). The van der Waals surface area contributed by atoms with E-state index in [1.165, 1.54) is 6.08 Å². The van der Waals surface area contributed by atoms with Crippen molar-refractivity contribution in [2.24, 2.45) is 0 Å². The van der Waals surface area contributed by atoms with E-state index in [1.807, 2.05) is 6.92 Å². The van der Waals surface area contributed by atoms with Gasteiger partial charge in [0, 0.05) is 18.5 Å². The van der Waals surface area contributed by atoms with Gasteiger partial charge in [-0.1, -0.05) is 0 Å². The van der Waals surface area contributed by atoms with Crippen molar-refractivity contribution in [3.8, 4) is 0 Å². The van der Waals surface area contributed by atoms with Crippen LogP contribution in [0.1, 0.15) is 20.3 Å². The highest BCUT2D eigenvalue weighted by atomic mass is 16.3. The quantitative estimate of drug-likeness (QED) is 0.636. The molecule has 3 atom stereocenters. The SMILES string of the molecule is C[C@@H]1NC(=O)C[C@@H]1N1C(=O)C=C(O)[C@@H]1C. The van der Waals surface area contributed by atoms with E-state index in [0.717, 1.165) is 0 Å². The van der Waals surface area contributed by atoms with Crippen LogP contribution in [-0.4, -0.2) is 39.9 Å². The first-order valence-corrected chi connectivity index (χ1v) is 5.03. The van der Waals surface area contributed by atoms with Crippen LogP contribution < -0.4 is 5.32 Å². The lowest BCUT2D eigenvalue weighted by Gasteiger charge is -2.30. The molecule has 1 saturated heterocycles. The summed E-state index contributed by atoms with van der Waals surface area (Å²) in [7, 11) is 0. The van der Waals surface area contributed by atoms with Gasteiger partial charge in [-0.05, 0) is 13.8 Å². The molecule has 5 heteroatoms. The Balaban J connectivity index is 2.19. The summed E-state index contributed by atoms with van der Waals surface area (Å²) in [5.41, 5.74) is 0. The number of nitrogens with zero attached hydrogens (tertiary/aromatic N) is 1. The molecule has 2 N–H and O–H groups in total. The van der Waals surface area contributed by atoms with E-state index in [2.05, 4.69) is 5.32 Å². The molecule has 5 nitrogen and oxygen atoms in total. The van der Waals surface area contributed by atoms with Gasteiger partial charge in [0.1, 0.15) is 5.76 Å². The zero-order valence-electron chi connectivity index (χ0n) is 8.73. The van der Waals surface area contributed by atoms with E-state index >= 15 is 0 Å². The first-order chi connectivity index (χ1) is 7.00. The predicted molar refractivity (Wildman–Crippen MR) is 53.0 cm³/mol. The lowest BCUT2D eigenvalue weighted by molar-refractivity contribution is -0.128. The standard InChI is InChI=1S/C10H14N2O3/c1-5-7(3-9(14)11-5)12-6(2)8(13)4-10(12)15/h4-7,13H,3H2,1-2H3,(H,11,14)/t5-,6-,7-/m0/s1. The molecule has 1 fully saturated rings. The third-order valence-electron chi connectivity index (χ3n) is 3.09. The fourth-order valence-electron chi connectivity index (χ4n) is 2.22. The van der Waals surface area contributed by atoms with Crippen LogP contribution in [0.5, 0.6) is 0 Å². The van der Waals surface area contributed by atoms with Crippen LogP contribution in [0.4, 0.5) is 0 Å². The molecule has 2 heterocycles. The van der Waals surface area contributed by atoms with Crippen molar-refractivity contribution in [3.05, 3.63) is 11.8 Å². The summed E-state index contributed by atoms with van der Waals surface area (Å²) < 4.78 is 0. The minimum absolute atomic E-state index is 0.0427. The van der Waals surface area contributed by atoms with Gasteiger partial charge < -0.3 is 15.3 Å². The molecular weight excluding hydrogens is 196 g/mol. The topological polar surface area (TPSA) is 69.6 Å². The molecule has 0 spiro atoms. The molecule has 2 amide bonds. The fourth-order valence-corrected chi connectivity index (χ4v) is 2.22. The van der Waals surface area contributed by atoms with Crippen LogP contribution in [0.25, 0.3) is 0 Å². The zero-order chi connectivity index (χ0) is 11.2. The molecule has 0 aromatic carbocycles. The second-order valence-electron chi connectivity index (χ2n) is 4.12. The van der Waals surface area contributed by atoms with E-state index in [4.69, 9.17) is 0 Å². The van der Waals surface area contributed by atoms with Gasteiger partial charge in [-0.15, -0.1) is 0 Å². The molecule has 0 radical (unpaired) electrons. The van der Waals surface area contributed by atoms with Gasteiger partial charge in [0.05, 0.1) is 12.1 Å². The number of carbonyl (C=O) groups excluding carboxylic acids is 2. The Kier molecular flexibility index (Phi) is 2.17. The number of amides is 2. The van der Waals surface area contributed by atoms with Gasteiger partial charge in [-0.25, -0.2) is 0 Å². The summed E-state index contributed by atoms with van der Waals surface area (Å²) in [6.07, 6.45) is 1.54. The summed E-state index contributed by atoms with van der Waals surface area (Å²) in [4.78, 5) is 24.3. The molecule has 82 valence electrons. The molecule has 0 aliphatic carbocycles. The van der Waals surface area contributed by atoms with Crippen LogP contribution >= 0.6 is 0 Å². The van der Waals surface area contributed by atoms with Crippen molar-refractivity contribution in [1.82, 2.24) is 10.2 Å². The number of rotatable bonds is 1. The van der Waals surface area contributed by atoms with Gasteiger partial charge in [-0.3, -0.25) is 9.59 Å². The third kappa shape index (κ3) is 1.48. The first-order valence-electron chi connectivity index (χ1n) is 5.03. The van der Waals surface area contributed by atoms with E-state index in [0.29, 0.717) is 6.42 Å². The van der Waals surface area contributed by atoms with E-state index in [1.54, 1.807) is 11.8 Å². The average Bonchev–Trinajstić information content (AvgIpc) is 2.56. The zero-order valence-corrected chi connectivity index (χ0v) is 8.73. The van der Waals surface area contributed by atoms with Crippen LogP contribution in [-0.2, 0) is 9.59 Å². The minimum Gasteiger partial charge on any atom is -0.510 e. The monoisotopic (exact) mass is 210 g/mol. The Morgan fingerprint density at radius 1 is 1.47 bits per heavy atom. The Morgan fingerprint density at radius 2 is 2.13 bits per heavy atom. The summed E-state index contributed by atoms with van der Waals surface area (Å²) in [6.45, 7) is 3.62. The van der Waals surface area contributed by atoms with Crippen LogP contribution in [0.2, 0.25) is 0 Å². The predicted octanol–water partition coefficient (Wildman–Crippen LogP) is -0.0640. The number of carbonyl (C=O) groups is 2. The molecule has 0 unspecified atom stereocenters. The lowest BCUT2D eigenvalue weighted by Crippen LogP contribution is -2.47. The maximum atomic E-state index is 11.6. The Labute approximate surface area is 87.7 Å². The second kappa shape index (κ2) is 3.25. The molecule has 0 aromatic heterocycles. The highest BCUT2D eigenvalue weighted by Crippen LogP contribution is 2.25. The van der Waals surface area contributed by atoms with Gasteiger partial charge in [-0.2, -0.15) is 0 Å². The number of hydrogen-bond donors (Lipinski definition) is 2. The van der Waals surface area contributed by atoms with Crippen molar-refractivity contribution in [3.63, 3.8) is 0 Å². The van der Waals surface area contributed by atoms with Crippen LogP contribution in [0, 0.1) is 0 Å². The van der Waals surface area contributed by atoms with E-state index < -0.39 is 0 Å². The van der Waals surface area contributed by atoms with Gasteiger partial charge in [0.25, 0.3) is 5.91 Å². The number of hydrogen-bond acceptors (Lipinski definition) is 3. The molecule has 0 bridgehead atoms. The van der Waals surface area contributed by atoms with Crippen molar-refractivity contribution < 1.29 is 14.7 Å². The second-order valence-corrected chi connectivity index (χ2v) is 4.12. The highest BCUT2D eigenvalue weighted by Gasteiger charge is 2.41. The van der Waals surface area contributed by atoms with Crippen molar-refractivity contribution in [2.45, 2.75) is 38.4 Å². The summed E-state index contributed by atoms with van der Waals surface area (Å²) in [5.74, 6) is -0.182. The number of aliphatic hydroxyl groups is 1. The van der Waals surface area contributed by atoms with Crippen LogP contribution in [0.15, 0.2) is 11.8 Å². The minimum atomic E-state index is -0.322. The molecule has 0 aromatic rings. The first kappa shape index (κ1) is 10.0. The van der Waals surface area contributed by atoms with E-state index in [-0.39, 0.29) is 35.7 Å². The number of aliphatic hydroxyl groups excluding tert-OH is 1. The maximum absolute atomic E-state index is 11.6. The Bertz CT molecular complexity index is 351. The maximum Gasteiger partial charge on any atom is 0.250 e. The summed E-state index contributed by atoms with van der Waals surface area (Å²) >= 11 is 0. The average molecular weight is 210 g/mol. The largest absolute Gasteiger partial charge is 0.510 e. The summed E-state index contributed by atoms with van der Waals surface area (Å²) in [5, 5.41) is 12.2. The third-order valence-corrected chi connectivity index (χ3v) is 3.09. The normalized spacial score (nSPS) is 35.7. The molecule has 2 aliphatic rings. The van der Waals surface area contributed by atoms with Crippen molar-refractivity contribution in [2.75, 3.05) is 0 Å². The molecule has 0 saturated carbocycles. The highest BCUT2D eigenvalue weighted by molar-refractivity contribution is 5.92. The van der Waals surface area contributed by atoms with Crippen molar-refractivity contribution in [1.29, 1.82) is 0 Å². The Hall–Kier alpha value is -1.52. The summed E-state index contributed by atoms with van der Waals surface area (Å²) in [6, 6.07) is -0.526. The van der Waals surface area contributed by atoms with Gasteiger partial charge in [0.15, 0.2) is 0 Å². The molecular formula is C10H14N2O3. The van der Waals surface area contributed by atoms with Gasteiger partial charge in [0.2, 0.25) is 5.91 Å². The molecule has 2 aliphatic heterocycles. The Morgan fingerprint density at radius 3 is 2.53 bits per heavy atom. The lowest BCUT2D eigenvalue weighted by atomic mass is 10.1.